The normalized spacial score (nSPS) is 16.8. The fraction of sp³-hybridized carbons (Fsp3) is 0.300. The number of benzene rings is 2. The number of rotatable bonds is 6. The van der Waals surface area contributed by atoms with E-state index in [2.05, 4.69) is 5.32 Å². The Kier molecular flexibility index (Phi) is 6.09. The van der Waals surface area contributed by atoms with E-state index in [1.807, 2.05) is 0 Å². The fourth-order valence-corrected chi connectivity index (χ4v) is 4.11. The van der Waals surface area contributed by atoms with Crippen molar-refractivity contribution in [1.29, 1.82) is 0 Å². The topological polar surface area (TPSA) is 96.0 Å². The molecule has 2 aromatic rings. The Morgan fingerprint density at radius 3 is 2.57 bits per heavy atom. The molecule has 1 heterocycles. The first-order chi connectivity index (χ1) is 14.1. The molecule has 0 saturated carbocycles. The first-order valence-corrected chi connectivity index (χ1v) is 10.6. The summed E-state index contributed by atoms with van der Waals surface area (Å²) in [5, 5.41) is 2.64. The molecule has 1 aliphatic rings. The minimum Gasteiger partial charge on any atom is -0.495 e. The van der Waals surface area contributed by atoms with Crippen molar-refractivity contribution >= 4 is 33.2 Å². The number of methoxy groups -OCH3 is 1. The van der Waals surface area contributed by atoms with Crippen molar-refractivity contribution in [3.05, 3.63) is 48.3 Å². The number of hydrogen-bond acceptors (Lipinski definition) is 5. The van der Waals surface area contributed by atoms with Gasteiger partial charge in [-0.25, -0.2) is 17.1 Å². The highest BCUT2D eigenvalue weighted by Crippen LogP contribution is 2.31. The number of carbonyl (C=O) groups excluding carboxylic acids is 2. The summed E-state index contributed by atoms with van der Waals surface area (Å²) >= 11 is 0. The van der Waals surface area contributed by atoms with Crippen LogP contribution in [0.2, 0.25) is 0 Å². The van der Waals surface area contributed by atoms with Gasteiger partial charge in [-0.15, -0.1) is 0 Å². The van der Waals surface area contributed by atoms with Crippen LogP contribution in [0.3, 0.4) is 0 Å². The highest BCUT2D eigenvalue weighted by atomic mass is 32.2. The number of nitrogens with one attached hydrogen (secondary N) is 1. The zero-order chi connectivity index (χ0) is 22.1. The third-order valence-corrected chi connectivity index (χ3v) is 6.66. The minimum absolute atomic E-state index is 0.0147. The highest BCUT2D eigenvalue weighted by Gasteiger charge is 2.36. The predicted molar refractivity (Wildman–Crippen MR) is 109 cm³/mol. The first-order valence-electron chi connectivity index (χ1n) is 9.11. The Morgan fingerprint density at radius 1 is 1.23 bits per heavy atom. The number of hydrogen-bond donors (Lipinski definition) is 1. The number of anilines is 2. The average molecular weight is 435 g/mol. The molecule has 3 rings (SSSR count). The van der Waals surface area contributed by atoms with Gasteiger partial charge in [0.15, 0.2) is 0 Å². The van der Waals surface area contributed by atoms with Crippen LogP contribution in [0.25, 0.3) is 0 Å². The molecule has 0 bridgehead atoms. The average Bonchev–Trinajstić information content (AvgIpc) is 3.09. The summed E-state index contributed by atoms with van der Waals surface area (Å²) in [6.45, 7) is 0.0175. The van der Waals surface area contributed by atoms with Gasteiger partial charge in [0.05, 0.1) is 29.3 Å². The van der Waals surface area contributed by atoms with Crippen molar-refractivity contribution in [2.24, 2.45) is 5.92 Å². The number of amides is 2. The monoisotopic (exact) mass is 435 g/mol. The molecule has 1 fully saturated rings. The van der Waals surface area contributed by atoms with E-state index in [-0.39, 0.29) is 40.9 Å². The third kappa shape index (κ3) is 4.14. The number of halogens is 1. The van der Waals surface area contributed by atoms with Crippen LogP contribution in [0, 0.1) is 11.7 Å². The molecule has 0 radical (unpaired) electrons. The minimum atomic E-state index is -3.72. The molecule has 0 aliphatic carbocycles. The maximum Gasteiger partial charge on any atom is 0.242 e. The van der Waals surface area contributed by atoms with Gasteiger partial charge in [0.25, 0.3) is 0 Å². The lowest BCUT2D eigenvalue weighted by molar-refractivity contribution is -0.122. The van der Waals surface area contributed by atoms with Crippen molar-refractivity contribution in [2.45, 2.75) is 11.3 Å². The molecular weight excluding hydrogens is 413 g/mol. The van der Waals surface area contributed by atoms with Crippen molar-refractivity contribution < 1.29 is 27.1 Å². The summed E-state index contributed by atoms with van der Waals surface area (Å²) in [6, 6.07) is 9.98. The summed E-state index contributed by atoms with van der Waals surface area (Å²) in [5.74, 6) is -1.85. The van der Waals surface area contributed by atoms with Crippen molar-refractivity contribution in [3.63, 3.8) is 0 Å². The lowest BCUT2D eigenvalue weighted by Crippen LogP contribution is -2.29. The SMILES string of the molecule is COc1ccc(S(=O)(=O)N(C)C)cc1NC(=O)C1CC(=O)N(c2ccccc2F)C1. The molecule has 0 spiro atoms. The van der Waals surface area contributed by atoms with E-state index in [0.717, 1.165) is 4.31 Å². The number of ether oxygens (including phenoxy) is 1. The van der Waals surface area contributed by atoms with E-state index in [1.54, 1.807) is 6.07 Å². The van der Waals surface area contributed by atoms with Crippen LogP contribution in [0.4, 0.5) is 15.8 Å². The molecule has 1 unspecified atom stereocenters. The predicted octanol–water partition coefficient (Wildman–Crippen LogP) is 2.08. The molecule has 30 heavy (non-hydrogen) atoms. The Hall–Kier alpha value is -2.98. The molecule has 1 atom stereocenters. The lowest BCUT2D eigenvalue weighted by atomic mass is 10.1. The lowest BCUT2D eigenvalue weighted by Gasteiger charge is -2.18. The second kappa shape index (κ2) is 8.41. The number of sulfonamides is 1. The second-order valence-corrected chi connectivity index (χ2v) is 9.15. The van der Waals surface area contributed by atoms with Crippen LogP contribution in [-0.2, 0) is 19.6 Å². The van der Waals surface area contributed by atoms with Crippen LogP contribution in [-0.4, -0.2) is 52.3 Å². The number of para-hydroxylation sites is 1. The van der Waals surface area contributed by atoms with Crippen LogP contribution < -0.4 is 15.0 Å². The van der Waals surface area contributed by atoms with Crippen molar-refractivity contribution in [3.8, 4) is 5.75 Å². The summed E-state index contributed by atoms with van der Waals surface area (Å²) in [6.07, 6.45) is -0.0851. The maximum absolute atomic E-state index is 14.0. The van der Waals surface area contributed by atoms with E-state index in [0.29, 0.717) is 0 Å². The van der Waals surface area contributed by atoms with Gasteiger partial charge in [0.2, 0.25) is 21.8 Å². The zero-order valence-electron chi connectivity index (χ0n) is 16.8. The second-order valence-electron chi connectivity index (χ2n) is 7.00. The van der Waals surface area contributed by atoms with Gasteiger partial charge in [-0.05, 0) is 30.3 Å². The van der Waals surface area contributed by atoms with Gasteiger partial charge in [-0.3, -0.25) is 9.59 Å². The van der Waals surface area contributed by atoms with Gasteiger partial charge in [0.1, 0.15) is 11.6 Å². The Balaban J connectivity index is 1.82. The van der Waals surface area contributed by atoms with Crippen LogP contribution >= 0.6 is 0 Å². The number of nitrogens with zero attached hydrogens (tertiary/aromatic N) is 2. The van der Waals surface area contributed by atoms with Crippen LogP contribution in [0.15, 0.2) is 47.4 Å². The summed E-state index contributed by atoms with van der Waals surface area (Å²) in [4.78, 5) is 26.4. The van der Waals surface area contributed by atoms with E-state index in [1.165, 1.54) is 62.5 Å². The van der Waals surface area contributed by atoms with E-state index >= 15 is 0 Å². The van der Waals surface area contributed by atoms with Gasteiger partial charge < -0.3 is 15.0 Å². The summed E-state index contributed by atoms with van der Waals surface area (Å²) in [7, 11) is 0.482. The van der Waals surface area contributed by atoms with E-state index in [9.17, 15) is 22.4 Å². The quantitative estimate of drug-likeness (QED) is 0.750. The van der Waals surface area contributed by atoms with Crippen LogP contribution in [0.5, 0.6) is 5.75 Å². The van der Waals surface area contributed by atoms with Gasteiger partial charge in [-0.1, -0.05) is 12.1 Å². The molecule has 1 saturated heterocycles. The summed E-state index contributed by atoms with van der Waals surface area (Å²) < 4.78 is 45.1. The molecule has 160 valence electrons. The maximum atomic E-state index is 14.0. The van der Waals surface area contributed by atoms with E-state index in [4.69, 9.17) is 4.74 Å². The Bertz CT molecular complexity index is 1090. The standard InChI is InChI=1S/C20H22FN3O5S/c1-23(2)30(27,28)14-8-9-18(29-3)16(11-14)22-20(26)13-10-19(25)24(12-13)17-7-5-4-6-15(17)21/h4-9,11,13H,10,12H2,1-3H3,(H,22,26). The van der Waals surface area contributed by atoms with Crippen molar-refractivity contribution in [1.82, 2.24) is 4.31 Å². The van der Waals surface area contributed by atoms with E-state index < -0.39 is 27.7 Å². The zero-order valence-corrected chi connectivity index (χ0v) is 17.6. The highest BCUT2D eigenvalue weighted by molar-refractivity contribution is 7.89. The first kappa shape index (κ1) is 21.7. The van der Waals surface area contributed by atoms with Gasteiger partial charge in [0, 0.05) is 27.1 Å². The third-order valence-electron chi connectivity index (χ3n) is 4.85. The molecule has 10 heteroatoms. The molecule has 2 aromatic carbocycles. The van der Waals surface area contributed by atoms with Crippen molar-refractivity contribution in [2.75, 3.05) is 38.0 Å². The molecule has 1 N–H and O–H groups in total. The smallest absolute Gasteiger partial charge is 0.242 e. The molecule has 8 nitrogen and oxygen atoms in total. The van der Waals surface area contributed by atoms with Gasteiger partial charge >= 0.3 is 0 Å². The summed E-state index contributed by atoms with van der Waals surface area (Å²) in [5.41, 5.74) is 0.289. The Labute approximate surface area is 174 Å². The van der Waals surface area contributed by atoms with Crippen LogP contribution in [0.1, 0.15) is 6.42 Å². The molecule has 2 amide bonds. The fourth-order valence-electron chi connectivity index (χ4n) is 3.18. The number of carbonyl (C=O) groups is 2. The van der Waals surface area contributed by atoms with Gasteiger partial charge in [-0.2, -0.15) is 0 Å². The Morgan fingerprint density at radius 2 is 1.93 bits per heavy atom. The molecule has 0 aromatic heterocycles. The molecule has 1 aliphatic heterocycles. The largest absolute Gasteiger partial charge is 0.495 e. The molecular formula is C20H22FN3O5S.